The van der Waals surface area contributed by atoms with Gasteiger partial charge in [-0.15, -0.1) is 0 Å². The maximum absolute atomic E-state index is 12.7. The molecule has 0 spiro atoms. The Hall–Kier alpha value is -2.59. The summed E-state index contributed by atoms with van der Waals surface area (Å²) in [6.45, 7) is 6.49. The summed E-state index contributed by atoms with van der Waals surface area (Å²) in [6, 6.07) is 14.1. The standard InChI is InChI=1S/C25H31N3O/c1-3-12-26-16-18-8-10-23-21(14-18)22-15-20(9-11-24(22)28-23)27-25(29)19-7-5-6-17(4-2)13-19/h5-7,9,11,13,15,18,26,28H,3-4,8,10,12,14,16H2,1-2H3,(H,27,29). The molecule has 0 aliphatic heterocycles. The summed E-state index contributed by atoms with van der Waals surface area (Å²) in [5.41, 5.74) is 6.71. The van der Waals surface area contributed by atoms with Crippen LogP contribution in [0.1, 0.15) is 53.9 Å². The monoisotopic (exact) mass is 389 g/mol. The van der Waals surface area contributed by atoms with Gasteiger partial charge in [0.1, 0.15) is 0 Å². The molecule has 4 rings (SSSR count). The van der Waals surface area contributed by atoms with E-state index in [1.54, 1.807) is 0 Å². The Morgan fingerprint density at radius 1 is 1.17 bits per heavy atom. The van der Waals surface area contributed by atoms with Gasteiger partial charge in [0.15, 0.2) is 0 Å². The largest absolute Gasteiger partial charge is 0.358 e. The zero-order chi connectivity index (χ0) is 20.2. The number of aryl methyl sites for hydroxylation is 2. The van der Waals surface area contributed by atoms with Gasteiger partial charge in [0.25, 0.3) is 5.91 Å². The first-order valence-electron chi connectivity index (χ1n) is 10.9. The molecule has 152 valence electrons. The minimum atomic E-state index is -0.0503. The molecule has 1 aliphatic rings. The highest BCUT2D eigenvalue weighted by molar-refractivity contribution is 6.05. The van der Waals surface area contributed by atoms with Crippen LogP contribution in [0.25, 0.3) is 10.9 Å². The fourth-order valence-electron chi connectivity index (χ4n) is 4.36. The molecule has 4 heteroatoms. The average Bonchev–Trinajstić information content (AvgIpc) is 3.11. The summed E-state index contributed by atoms with van der Waals surface area (Å²) < 4.78 is 0. The third-order valence-corrected chi connectivity index (χ3v) is 6.00. The van der Waals surface area contributed by atoms with Crippen molar-refractivity contribution in [1.29, 1.82) is 0 Å². The number of carbonyl (C=O) groups excluding carboxylic acids is 1. The minimum absolute atomic E-state index is 0.0503. The SMILES string of the molecule is CCCNCC1CCc2[nH]c3ccc(NC(=O)c4cccc(CC)c4)cc3c2C1. The molecule has 2 aromatic carbocycles. The zero-order valence-corrected chi connectivity index (χ0v) is 17.5. The molecule has 0 fully saturated rings. The van der Waals surface area contributed by atoms with E-state index >= 15 is 0 Å². The minimum Gasteiger partial charge on any atom is -0.358 e. The van der Waals surface area contributed by atoms with Crippen molar-refractivity contribution < 1.29 is 4.79 Å². The number of amides is 1. The highest BCUT2D eigenvalue weighted by Gasteiger charge is 2.22. The lowest BCUT2D eigenvalue weighted by Crippen LogP contribution is -2.27. The second-order valence-electron chi connectivity index (χ2n) is 8.16. The lowest BCUT2D eigenvalue weighted by Gasteiger charge is -2.22. The number of nitrogens with one attached hydrogen (secondary N) is 3. The molecule has 1 heterocycles. The number of H-pyrrole nitrogens is 1. The number of anilines is 1. The van der Waals surface area contributed by atoms with Crippen LogP contribution in [0.4, 0.5) is 5.69 Å². The number of aromatic amines is 1. The molecule has 3 N–H and O–H groups in total. The molecule has 4 nitrogen and oxygen atoms in total. The van der Waals surface area contributed by atoms with Crippen LogP contribution in [0.3, 0.4) is 0 Å². The van der Waals surface area contributed by atoms with Gasteiger partial charge in [-0.25, -0.2) is 0 Å². The van der Waals surface area contributed by atoms with E-state index in [4.69, 9.17) is 0 Å². The van der Waals surface area contributed by atoms with E-state index in [1.165, 1.54) is 40.6 Å². The number of carbonyl (C=O) groups is 1. The Bertz CT molecular complexity index is 1000. The van der Waals surface area contributed by atoms with Crippen LogP contribution in [0, 0.1) is 5.92 Å². The third kappa shape index (κ3) is 4.38. The molecule has 1 atom stereocenters. The van der Waals surface area contributed by atoms with E-state index in [0.29, 0.717) is 11.5 Å². The van der Waals surface area contributed by atoms with Gasteiger partial charge < -0.3 is 15.6 Å². The molecule has 0 radical (unpaired) electrons. The van der Waals surface area contributed by atoms with Crippen LogP contribution >= 0.6 is 0 Å². The summed E-state index contributed by atoms with van der Waals surface area (Å²) in [6.07, 6.45) is 5.54. The number of rotatable bonds is 7. The van der Waals surface area contributed by atoms with Gasteiger partial charge in [-0.05, 0) is 92.6 Å². The van der Waals surface area contributed by atoms with Crippen molar-refractivity contribution in [2.24, 2.45) is 5.92 Å². The number of hydrogen-bond acceptors (Lipinski definition) is 2. The molecule has 1 aromatic heterocycles. The van der Waals surface area contributed by atoms with Crippen LogP contribution in [0.5, 0.6) is 0 Å². The normalized spacial score (nSPS) is 16.0. The molecule has 0 saturated carbocycles. The van der Waals surface area contributed by atoms with Crippen molar-refractivity contribution in [1.82, 2.24) is 10.3 Å². The number of fused-ring (bicyclic) bond motifs is 3. The number of benzene rings is 2. The van der Waals surface area contributed by atoms with E-state index in [-0.39, 0.29) is 5.91 Å². The first kappa shape index (κ1) is 19.7. The predicted octanol–water partition coefficient (Wildman–Crippen LogP) is 5.09. The number of aromatic nitrogens is 1. The highest BCUT2D eigenvalue weighted by atomic mass is 16.1. The Balaban J connectivity index is 1.53. The van der Waals surface area contributed by atoms with E-state index in [0.717, 1.165) is 38.0 Å². The van der Waals surface area contributed by atoms with Crippen molar-refractivity contribution in [2.45, 2.75) is 46.0 Å². The van der Waals surface area contributed by atoms with E-state index < -0.39 is 0 Å². The average molecular weight is 390 g/mol. The van der Waals surface area contributed by atoms with E-state index in [2.05, 4.69) is 47.7 Å². The van der Waals surface area contributed by atoms with E-state index in [1.807, 2.05) is 24.3 Å². The van der Waals surface area contributed by atoms with Crippen molar-refractivity contribution in [3.63, 3.8) is 0 Å². The van der Waals surface area contributed by atoms with Crippen LogP contribution in [-0.2, 0) is 19.3 Å². The highest BCUT2D eigenvalue weighted by Crippen LogP contribution is 2.33. The fourth-order valence-corrected chi connectivity index (χ4v) is 4.36. The first-order chi connectivity index (χ1) is 14.2. The maximum Gasteiger partial charge on any atom is 0.255 e. The summed E-state index contributed by atoms with van der Waals surface area (Å²) in [7, 11) is 0. The van der Waals surface area contributed by atoms with Gasteiger partial charge in [0.05, 0.1) is 0 Å². The molecule has 1 aliphatic carbocycles. The Labute approximate surface area is 173 Å². The van der Waals surface area contributed by atoms with Gasteiger partial charge in [-0.1, -0.05) is 26.0 Å². The molecule has 0 bridgehead atoms. The molecule has 1 unspecified atom stereocenters. The Morgan fingerprint density at radius 2 is 2.07 bits per heavy atom. The molecule has 1 amide bonds. The summed E-state index contributed by atoms with van der Waals surface area (Å²) in [4.78, 5) is 16.3. The quantitative estimate of drug-likeness (QED) is 0.493. The lowest BCUT2D eigenvalue weighted by atomic mass is 9.86. The topological polar surface area (TPSA) is 56.9 Å². The van der Waals surface area contributed by atoms with Crippen molar-refractivity contribution in [3.05, 3.63) is 64.8 Å². The van der Waals surface area contributed by atoms with Gasteiger partial charge in [-0.2, -0.15) is 0 Å². The van der Waals surface area contributed by atoms with Crippen molar-refractivity contribution in [3.8, 4) is 0 Å². The molecular formula is C25H31N3O. The van der Waals surface area contributed by atoms with Gasteiger partial charge in [0, 0.05) is 27.8 Å². The van der Waals surface area contributed by atoms with Crippen LogP contribution in [-0.4, -0.2) is 24.0 Å². The zero-order valence-electron chi connectivity index (χ0n) is 17.5. The summed E-state index contributed by atoms with van der Waals surface area (Å²) in [5, 5.41) is 7.91. The maximum atomic E-state index is 12.7. The second-order valence-corrected chi connectivity index (χ2v) is 8.16. The van der Waals surface area contributed by atoms with Gasteiger partial charge in [-0.3, -0.25) is 4.79 Å². The van der Waals surface area contributed by atoms with Crippen molar-refractivity contribution >= 4 is 22.5 Å². The molecular weight excluding hydrogens is 358 g/mol. The van der Waals surface area contributed by atoms with E-state index in [9.17, 15) is 4.79 Å². The van der Waals surface area contributed by atoms with Gasteiger partial charge >= 0.3 is 0 Å². The van der Waals surface area contributed by atoms with Crippen molar-refractivity contribution in [2.75, 3.05) is 18.4 Å². The Morgan fingerprint density at radius 3 is 2.90 bits per heavy atom. The summed E-state index contributed by atoms with van der Waals surface area (Å²) >= 11 is 0. The second kappa shape index (κ2) is 8.83. The van der Waals surface area contributed by atoms with Crippen LogP contribution in [0.2, 0.25) is 0 Å². The van der Waals surface area contributed by atoms with Gasteiger partial charge in [0.2, 0.25) is 0 Å². The third-order valence-electron chi connectivity index (χ3n) is 6.00. The lowest BCUT2D eigenvalue weighted by molar-refractivity contribution is 0.102. The Kier molecular flexibility index (Phi) is 6.00. The van der Waals surface area contributed by atoms with Crippen LogP contribution < -0.4 is 10.6 Å². The van der Waals surface area contributed by atoms with Crippen LogP contribution in [0.15, 0.2) is 42.5 Å². The fraction of sp³-hybridized carbons (Fsp3) is 0.400. The number of hydrogen-bond donors (Lipinski definition) is 3. The summed E-state index contributed by atoms with van der Waals surface area (Å²) in [5.74, 6) is 0.633. The first-order valence-corrected chi connectivity index (χ1v) is 10.9. The smallest absolute Gasteiger partial charge is 0.255 e. The molecule has 29 heavy (non-hydrogen) atoms. The molecule has 0 saturated heterocycles. The molecule has 3 aromatic rings. The predicted molar refractivity (Wildman–Crippen MR) is 121 cm³/mol.